The Bertz CT molecular complexity index is 1050. The van der Waals surface area contributed by atoms with Crippen LogP contribution in [-0.2, 0) is 0 Å². The highest BCUT2D eigenvalue weighted by atomic mass is 16.1. The number of piperidine rings is 1. The topological polar surface area (TPSA) is 65.2 Å². The van der Waals surface area contributed by atoms with Gasteiger partial charge < -0.3 is 10.3 Å². The minimum atomic E-state index is -0.00737. The van der Waals surface area contributed by atoms with E-state index in [2.05, 4.69) is 15.2 Å². The summed E-state index contributed by atoms with van der Waals surface area (Å²) in [6, 6.07) is 15.7. The van der Waals surface area contributed by atoms with Crippen molar-refractivity contribution >= 4 is 22.6 Å². The number of para-hydroxylation sites is 1. The van der Waals surface area contributed by atoms with Gasteiger partial charge in [-0.3, -0.25) is 14.5 Å². The maximum absolute atomic E-state index is 13.0. The fourth-order valence-corrected chi connectivity index (χ4v) is 4.24. The predicted molar refractivity (Wildman–Crippen MR) is 115 cm³/mol. The van der Waals surface area contributed by atoms with Gasteiger partial charge in [0.2, 0.25) is 0 Å². The molecule has 5 nitrogen and oxygen atoms in total. The molecule has 4 rings (SSSR count). The summed E-state index contributed by atoms with van der Waals surface area (Å²) >= 11 is 0. The largest absolute Gasteiger partial charge is 0.358 e. The lowest BCUT2D eigenvalue weighted by atomic mass is 10.0. The molecule has 1 aliphatic heterocycles. The van der Waals surface area contributed by atoms with Crippen LogP contribution in [0.2, 0.25) is 0 Å². The second-order valence-electron chi connectivity index (χ2n) is 7.93. The Morgan fingerprint density at radius 1 is 1.03 bits per heavy atom. The first-order chi connectivity index (χ1) is 14.0. The number of aryl methyl sites for hydroxylation is 2. The van der Waals surface area contributed by atoms with E-state index < -0.39 is 0 Å². The van der Waals surface area contributed by atoms with E-state index in [9.17, 15) is 9.59 Å². The molecule has 0 unspecified atom stereocenters. The maximum atomic E-state index is 13.0. The third-order valence-electron chi connectivity index (χ3n) is 5.85. The fourth-order valence-electron chi connectivity index (χ4n) is 4.24. The first-order valence-corrected chi connectivity index (χ1v) is 10.2. The van der Waals surface area contributed by atoms with E-state index in [1.807, 2.05) is 62.4 Å². The summed E-state index contributed by atoms with van der Waals surface area (Å²) in [7, 11) is 0. The number of carbonyl (C=O) groups is 2. The number of ketones is 1. The number of hydrogen-bond acceptors (Lipinski definition) is 3. The number of rotatable bonds is 5. The van der Waals surface area contributed by atoms with E-state index >= 15 is 0 Å². The van der Waals surface area contributed by atoms with E-state index in [1.54, 1.807) is 0 Å². The number of H-pyrrole nitrogens is 1. The molecule has 1 fully saturated rings. The predicted octanol–water partition coefficient (Wildman–Crippen LogP) is 3.86. The molecule has 2 N–H and O–H groups in total. The molecule has 29 heavy (non-hydrogen) atoms. The molecular weight excluding hydrogens is 362 g/mol. The van der Waals surface area contributed by atoms with Crippen LogP contribution >= 0.6 is 0 Å². The molecule has 1 aromatic heterocycles. The van der Waals surface area contributed by atoms with Crippen molar-refractivity contribution in [1.29, 1.82) is 0 Å². The van der Waals surface area contributed by atoms with Gasteiger partial charge in [0, 0.05) is 46.9 Å². The van der Waals surface area contributed by atoms with Crippen LogP contribution in [0.4, 0.5) is 0 Å². The minimum Gasteiger partial charge on any atom is -0.358 e. The molecule has 2 heterocycles. The van der Waals surface area contributed by atoms with Crippen molar-refractivity contribution in [3.8, 4) is 0 Å². The molecule has 0 aliphatic carbocycles. The van der Waals surface area contributed by atoms with Gasteiger partial charge in [-0.2, -0.15) is 0 Å². The Kier molecular flexibility index (Phi) is 5.49. The molecule has 5 heteroatoms. The highest BCUT2D eigenvalue weighted by Crippen LogP contribution is 2.23. The molecule has 0 atom stereocenters. The lowest BCUT2D eigenvalue weighted by Gasteiger charge is -2.32. The Morgan fingerprint density at radius 3 is 2.48 bits per heavy atom. The first kappa shape index (κ1) is 19.4. The summed E-state index contributed by atoms with van der Waals surface area (Å²) in [5.41, 5.74) is 4.46. The molecule has 0 radical (unpaired) electrons. The van der Waals surface area contributed by atoms with Gasteiger partial charge >= 0.3 is 0 Å². The molecule has 150 valence electrons. The summed E-state index contributed by atoms with van der Waals surface area (Å²) in [6.07, 6.45) is 1.72. The number of aromatic nitrogens is 1. The number of likely N-dealkylation sites (tertiary alicyclic amines) is 1. The number of nitrogens with one attached hydrogen (secondary N) is 2. The van der Waals surface area contributed by atoms with E-state index in [-0.39, 0.29) is 17.7 Å². The Balaban J connectivity index is 1.34. The van der Waals surface area contributed by atoms with E-state index in [4.69, 9.17) is 0 Å². The van der Waals surface area contributed by atoms with Gasteiger partial charge in [0.15, 0.2) is 5.78 Å². The van der Waals surface area contributed by atoms with Crippen LogP contribution in [0, 0.1) is 13.8 Å². The number of nitrogens with zero attached hydrogens (tertiary/aromatic N) is 1. The van der Waals surface area contributed by atoms with Crippen LogP contribution in [0.25, 0.3) is 10.9 Å². The van der Waals surface area contributed by atoms with Crippen molar-refractivity contribution in [2.24, 2.45) is 0 Å². The van der Waals surface area contributed by atoms with Gasteiger partial charge in [0.1, 0.15) is 0 Å². The fraction of sp³-hybridized carbons (Fsp3) is 0.333. The number of carbonyl (C=O) groups excluding carboxylic acids is 2. The molecule has 0 bridgehead atoms. The highest BCUT2D eigenvalue weighted by Gasteiger charge is 2.24. The molecule has 0 saturated carbocycles. The van der Waals surface area contributed by atoms with Gasteiger partial charge in [-0.25, -0.2) is 0 Å². The van der Waals surface area contributed by atoms with Gasteiger partial charge in [0.05, 0.1) is 6.54 Å². The maximum Gasteiger partial charge on any atom is 0.251 e. The van der Waals surface area contributed by atoms with Gasteiger partial charge in [-0.15, -0.1) is 0 Å². The number of benzene rings is 2. The number of Topliss-reactive ketones (excluding diaryl/α,β-unsaturated/α-hetero) is 1. The molecular formula is C24H27N3O2. The Morgan fingerprint density at radius 2 is 1.72 bits per heavy atom. The molecule has 1 aliphatic rings. The summed E-state index contributed by atoms with van der Waals surface area (Å²) < 4.78 is 0. The smallest absolute Gasteiger partial charge is 0.251 e. The zero-order valence-corrected chi connectivity index (χ0v) is 17.0. The van der Waals surface area contributed by atoms with Crippen LogP contribution in [0.15, 0.2) is 48.5 Å². The van der Waals surface area contributed by atoms with Crippen molar-refractivity contribution in [1.82, 2.24) is 15.2 Å². The number of fused-ring (bicyclic) bond motifs is 1. The van der Waals surface area contributed by atoms with E-state index in [0.29, 0.717) is 6.54 Å². The van der Waals surface area contributed by atoms with Crippen molar-refractivity contribution in [3.63, 3.8) is 0 Å². The average molecular weight is 389 g/mol. The number of aromatic amines is 1. The van der Waals surface area contributed by atoms with Crippen LogP contribution in [0.3, 0.4) is 0 Å². The normalized spacial score (nSPS) is 15.5. The standard InChI is InChI=1S/C24H27N3O2/c1-16-7-3-4-8-19(16)24(29)26-18-11-13-27(14-12-18)15-22(28)23-17(2)25-21-10-6-5-9-20(21)23/h3-10,18,25H,11-15H2,1-2H3,(H,26,29). The van der Waals surface area contributed by atoms with Crippen molar-refractivity contribution in [2.45, 2.75) is 32.7 Å². The van der Waals surface area contributed by atoms with Crippen LogP contribution in [0.5, 0.6) is 0 Å². The summed E-state index contributed by atoms with van der Waals surface area (Å²) in [6.45, 7) is 5.95. The third kappa shape index (κ3) is 4.10. The Hall–Kier alpha value is -2.92. The average Bonchev–Trinajstić information content (AvgIpc) is 3.05. The first-order valence-electron chi connectivity index (χ1n) is 10.2. The second kappa shape index (κ2) is 8.21. The SMILES string of the molecule is Cc1ccccc1C(=O)NC1CCN(CC(=O)c2c(C)[nH]c3ccccc23)CC1. The monoisotopic (exact) mass is 389 g/mol. The van der Waals surface area contributed by atoms with Crippen molar-refractivity contribution in [2.75, 3.05) is 19.6 Å². The van der Waals surface area contributed by atoms with E-state index in [1.165, 1.54) is 0 Å². The minimum absolute atomic E-state index is 0.00737. The summed E-state index contributed by atoms with van der Waals surface area (Å²) in [5, 5.41) is 4.15. The van der Waals surface area contributed by atoms with Gasteiger partial charge in [-0.05, 0) is 44.4 Å². The number of hydrogen-bond donors (Lipinski definition) is 2. The van der Waals surface area contributed by atoms with Crippen molar-refractivity contribution in [3.05, 3.63) is 70.9 Å². The van der Waals surface area contributed by atoms with E-state index in [0.717, 1.165) is 59.2 Å². The lowest BCUT2D eigenvalue weighted by Crippen LogP contribution is -2.46. The summed E-state index contributed by atoms with van der Waals surface area (Å²) in [4.78, 5) is 31.0. The molecule has 3 aromatic rings. The Labute approximate surface area is 171 Å². The molecule has 1 saturated heterocycles. The van der Waals surface area contributed by atoms with Gasteiger partial charge in [-0.1, -0.05) is 36.4 Å². The molecule has 0 spiro atoms. The second-order valence-corrected chi connectivity index (χ2v) is 7.93. The van der Waals surface area contributed by atoms with Crippen LogP contribution in [0.1, 0.15) is 44.8 Å². The highest BCUT2D eigenvalue weighted by molar-refractivity contribution is 6.10. The third-order valence-corrected chi connectivity index (χ3v) is 5.85. The number of amides is 1. The van der Waals surface area contributed by atoms with Crippen LogP contribution < -0.4 is 5.32 Å². The summed E-state index contributed by atoms with van der Waals surface area (Å²) in [5.74, 6) is 0.148. The van der Waals surface area contributed by atoms with Crippen molar-refractivity contribution < 1.29 is 9.59 Å². The zero-order valence-electron chi connectivity index (χ0n) is 17.0. The van der Waals surface area contributed by atoms with Crippen LogP contribution in [-0.4, -0.2) is 47.3 Å². The quantitative estimate of drug-likeness (QED) is 0.651. The van der Waals surface area contributed by atoms with Gasteiger partial charge in [0.25, 0.3) is 5.91 Å². The zero-order chi connectivity index (χ0) is 20.4. The molecule has 1 amide bonds. The molecule has 2 aromatic carbocycles. The lowest BCUT2D eigenvalue weighted by molar-refractivity contribution is 0.0859.